The number of alkyl halides is 2. The molecule has 6 nitrogen and oxygen atoms in total. The van der Waals surface area contributed by atoms with Crippen LogP contribution in [0.25, 0.3) is 0 Å². The third-order valence-electron chi connectivity index (χ3n) is 8.05. The summed E-state index contributed by atoms with van der Waals surface area (Å²) in [5, 5.41) is 0. The molecule has 0 radical (unpaired) electrons. The molecule has 0 bridgehead atoms. The van der Waals surface area contributed by atoms with Gasteiger partial charge < -0.3 is 4.90 Å². The van der Waals surface area contributed by atoms with Crippen molar-refractivity contribution < 1.29 is 13.6 Å². The number of hydrogen-bond donors (Lipinski definition) is 0. The van der Waals surface area contributed by atoms with Crippen molar-refractivity contribution in [2.45, 2.75) is 55.3 Å². The summed E-state index contributed by atoms with van der Waals surface area (Å²) >= 11 is 0. The van der Waals surface area contributed by atoms with Gasteiger partial charge in [0.05, 0.1) is 30.2 Å². The monoisotopic (exact) mass is 487 g/mol. The van der Waals surface area contributed by atoms with E-state index >= 15 is 0 Å². The highest BCUT2D eigenvalue weighted by Crippen LogP contribution is 2.50. The van der Waals surface area contributed by atoms with Gasteiger partial charge in [-0.25, -0.2) is 14.8 Å². The summed E-state index contributed by atoms with van der Waals surface area (Å²) in [6.07, 6.45) is 8.68. The van der Waals surface area contributed by atoms with E-state index in [1.807, 2.05) is 6.07 Å². The number of rotatable bonds is 6. The lowest BCUT2D eigenvalue weighted by Crippen LogP contribution is -2.55. The molecule has 0 N–H and O–H groups in total. The Bertz CT molecular complexity index is 1030. The van der Waals surface area contributed by atoms with Crippen molar-refractivity contribution in [2.24, 2.45) is 5.92 Å². The summed E-state index contributed by atoms with van der Waals surface area (Å²) < 4.78 is 27.1. The largest absolute Gasteiger partial charge is 0.325 e. The van der Waals surface area contributed by atoms with Crippen LogP contribution in [-0.2, 0) is 11.2 Å². The Hall–Kier alpha value is -2.18. The molecule has 2 aliphatic carbocycles. The minimum Gasteiger partial charge on any atom is -0.317 e. The van der Waals surface area contributed by atoms with Gasteiger partial charge in [0.2, 0.25) is 5.82 Å². The minimum absolute atomic E-state index is 0.0575. The summed E-state index contributed by atoms with van der Waals surface area (Å²) in [4.78, 5) is 27.4. The highest BCUT2D eigenvalue weighted by molar-refractivity contribution is 7.17. The molecule has 1 aromatic heterocycles. The van der Waals surface area contributed by atoms with Gasteiger partial charge in [-0.15, -0.1) is 0 Å². The summed E-state index contributed by atoms with van der Waals surface area (Å²) in [7, 11) is 5.73. The van der Waals surface area contributed by atoms with Crippen molar-refractivity contribution in [1.82, 2.24) is 19.8 Å². The molecule has 1 aromatic carbocycles. The van der Waals surface area contributed by atoms with Gasteiger partial charge in [0, 0.05) is 12.1 Å². The van der Waals surface area contributed by atoms with E-state index in [9.17, 15) is 13.6 Å². The van der Waals surface area contributed by atoms with Gasteiger partial charge in [-0.2, -0.15) is 8.78 Å². The smallest absolute Gasteiger partial charge is 0.317 e. The van der Waals surface area contributed by atoms with Gasteiger partial charge in [0.15, 0.2) is 0 Å². The summed E-state index contributed by atoms with van der Waals surface area (Å²) in [6.45, 7) is 1.30. The second-order valence-electron chi connectivity index (χ2n) is 10.3. The molecule has 2 aromatic rings. The molecule has 1 aliphatic heterocycles. The highest BCUT2D eigenvalue weighted by Gasteiger charge is 2.55. The Morgan fingerprint density at radius 3 is 2.24 bits per heavy atom. The fourth-order valence-electron chi connectivity index (χ4n) is 5.76. The Balaban J connectivity index is 1.43. The average molecular weight is 488 g/mol. The topological polar surface area (TPSA) is 52.6 Å². The van der Waals surface area contributed by atoms with E-state index < -0.39 is 11.5 Å². The maximum atomic E-state index is 13.6. The molecule has 1 unspecified atom stereocenters. The van der Waals surface area contributed by atoms with Crippen molar-refractivity contribution in [3.63, 3.8) is 0 Å². The first kappa shape index (κ1) is 23.6. The van der Waals surface area contributed by atoms with Crippen molar-refractivity contribution in [3.05, 3.63) is 54.1 Å². The SMILES string of the molecule is CN(C)C1(c2ccccc2)CCC2(CC1)CN(c1cnc(C(F)(F)P)nc1)C(=O)N2CC1CC1. The average Bonchev–Trinajstić information content (AvgIpc) is 3.61. The van der Waals surface area contributed by atoms with Crippen molar-refractivity contribution in [2.75, 3.05) is 32.1 Å². The minimum atomic E-state index is -3.19. The molecule has 1 spiro atoms. The molecule has 3 fully saturated rings. The van der Waals surface area contributed by atoms with Crippen LogP contribution in [0.5, 0.6) is 0 Å². The fraction of sp³-hybridized carbons (Fsp3) is 0.560. The number of halogens is 2. The lowest BCUT2D eigenvalue weighted by atomic mass is 9.68. The van der Waals surface area contributed by atoms with E-state index in [1.54, 1.807) is 4.90 Å². The van der Waals surface area contributed by atoms with Crippen LogP contribution in [0.3, 0.4) is 0 Å². The lowest BCUT2D eigenvalue weighted by molar-refractivity contribution is 0.0249. The molecule has 182 valence electrons. The molecule has 2 amide bonds. The third-order valence-corrected chi connectivity index (χ3v) is 8.31. The number of aromatic nitrogens is 2. The first-order chi connectivity index (χ1) is 16.1. The molecular weight excluding hydrogens is 455 g/mol. The number of urea groups is 1. The number of amides is 2. The zero-order valence-electron chi connectivity index (χ0n) is 19.8. The lowest BCUT2D eigenvalue weighted by Gasteiger charge is -2.51. The predicted octanol–water partition coefficient (Wildman–Crippen LogP) is 4.82. The number of hydrogen-bond acceptors (Lipinski definition) is 4. The van der Waals surface area contributed by atoms with Crippen LogP contribution in [0.1, 0.15) is 49.9 Å². The molecule has 1 saturated heterocycles. The van der Waals surface area contributed by atoms with Gasteiger partial charge in [-0.3, -0.25) is 9.80 Å². The van der Waals surface area contributed by atoms with E-state index in [1.165, 1.54) is 27.2 Å². The van der Waals surface area contributed by atoms with Crippen LogP contribution in [0, 0.1) is 5.92 Å². The highest BCUT2D eigenvalue weighted by atomic mass is 31.0. The molecule has 9 heteroatoms. The van der Waals surface area contributed by atoms with E-state index in [2.05, 4.69) is 58.1 Å². The van der Waals surface area contributed by atoms with Crippen molar-refractivity contribution in [3.8, 4) is 0 Å². The number of benzene rings is 1. The first-order valence-corrected chi connectivity index (χ1v) is 12.5. The Kier molecular flexibility index (Phi) is 5.88. The van der Waals surface area contributed by atoms with E-state index in [4.69, 9.17) is 0 Å². The molecular formula is C25H32F2N5OP. The Morgan fingerprint density at radius 1 is 1.09 bits per heavy atom. The van der Waals surface area contributed by atoms with Crippen molar-refractivity contribution >= 4 is 21.0 Å². The predicted molar refractivity (Wildman–Crippen MR) is 131 cm³/mol. The van der Waals surface area contributed by atoms with Crippen molar-refractivity contribution in [1.29, 1.82) is 0 Å². The maximum Gasteiger partial charge on any atom is 0.325 e. The molecule has 34 heavy (non-hydrogen) atoms. The molecule has 2 heterocycles. The van der Waals surface area contributed by atoms with Crippen LogP contribution < -0.4 is 4.90 Å². The summed E-state index contributed by atoms with van der Waals surface area (Å²) in [5.74, 6) is -0.00129. The van der Waals surface area contributed by atoms with Gasteiger partial charge in [0.1, 0.15) is 0 Å². The number of carbonyl (C=O) groups excluding carboxylic acids is 1. The Labute approximate surface area is 201 Å². The number of carbonyl (C=O) groups is 1. The van der Waals surface area contributed by atoms with Crippen LogP contribution in [0.2, 0.25) is 0 Å². The zero-order valence-corrected chi connectivity index (χ0v) is 20.9. The van der Waals surface area contributed by atoms with Gasteiger partial charge in [-0.1, -0.05) is 39.6 Å². The second-order valence-corrected chi connectivity index (χ2v) is 11.1. The van der Waals surface area contributed by atoms with Gasteiger partial charge in [-0.05, 0) is 64.1 Å². The maximum absolute atomic E-state index is 13.6. The molecule has 5 rings (SSSR count). The molecule has 2 saturated carbocycles. The quantitative estimate of drug-likeness (QED) is 0.548. The Morgan fingerprint density at radius 2 is 1.71 bits per heavy atom. The normalized spacial score (nSPS) is 27.8. The van der Waals surface area contributed by atoms with Gasteiger partial charge in [0.25, 0.3) is 0 Å². The number of anilines is 1. The first-order valence-electron chi connectivity index (χ1n) is 12.0. The van der Waals surface area contributed by atoms with Crippen LogP contribution in [0.15, 0.2) is 42.7 Å². The van der Waals surface area contributed by atoms with E-state index in [-0.39, 0.29) is 17.1 Å². The standard InChI is InChI=1S/C25H32F2N5OP/c1-30(2)24(19-6-4-3-5-7-19)12-10-23(11-13-24)17-31(22(33)32(23)16-18-8-9-18)20-14-28-21(29-15-20)25(26,27)34/h3-7,14-15,18H,8-13,16-17,34H2,1-2H3. The zero-order chi connectivity index (χ0) is 24.1. The summed E-state index contributed by atoms with van der Waals surface area (Å²) in [5.41, 5.74) is -1.73. The van der Waals surface area contributed by atoms with Gasteiger partial charge >= 0.3 is 11.7 Å². The van der Waals surface area contributed by atoms with Crippen LogP contribution in [0.4, 0.5) is 19.3 Å². The van der Waals surface area contributed by atoms with E-state index in [0.717, 1.165) is 45.1 Å². The van der Waals surface area contributed by atoms with Crippen LogP contribution >= 0.6 is 9.24 Å². The number of nitrogens with zero attached hydrogens (tertiary/aromatic N) is 5. The fourth-order valence-corrected chi connectivity index (χ4v) is 5.91. The third kappa shape index (κ3) is 4.09. The summed E-state index contributed by atoms with van der Waals surface area (Å²) in [6, 6.07) is 10.6. The molecule has 1 atom stereocenters. The second kappa shape index (κ2) is 8.49. The molecule has 3 aliphatic rings. The van der Waals surface area contributed by atoms with Crippen LogP contribution in [-0.4, -0.2) is 58.5 Å². The van der Waals surface area contributed by atoms with E-state index in [0.29, 0.717) is 18.2 Å².